The monoisotopic (exact) mass is 193 g/mol. The predicted molar refractivity (Wildman–Crippen MR) is 46.3 cm³/mol. The quantitative estimate of drug-likeness (QED) is 0.610. The molecule has 0 fully saturated rings. The summed E-state index contributed by atoms with van der Waals surface area (Å²) in [5.74, 6) is 0. The molecule has 1 rings (SSSR count). The van der Waals surface area contributed by atoms with Crippen LogP contribution in [-0.4, -0.2) is 22.2 Å². The van der Waals surface area contributed by atoms with Crippen molar-refractivity contribution in [1.29, 1.82) is 0 Å². The van der Waals surface area contributed by atoms with Crippen molar-refractivity contribution < 1.29 is 10.0 Å². The number of hydrogen-bond donors (Lipinski definition) is 2. The third kappa shape index (κ3) is 2.67. The van der Waals surface area contributed by atoms with Gasteiger partial charge in [-0.25, -0.2) is 0 Å². The first-order valence-corrected chi connectivity index (χ1v) is 3.05. The van der Waals surface area contributed by atoms with Crippen molar-refractivity contribution in [3.05, 3.63) is 23.5 Å². The molecule has 3 nitrogen and oxygen atoms in total. The fourth-order valence-electron chi connectivity index (χ4n) is 0.580. The molecule has 0 saturated heterocycles. The highest BCUT2D eigenvalue weighted by Crippen LogP contribution is 2.01. The van der Waals surface area contributed by atoms with Crippen molar-refractivity contribution in [3.8, 4) is 0 Å². The Bertz CT molecular complexity index is 233. The Morgan fingerprint density at radius 1 is 1.45 bits per heavy atom. The fourth-order valence-corrected chi connectivity index (χ4v) is 0.782. The first-order valence-electron chi connectivity index (χ1n) is 2.67. The molecule has 0 radical (unpaired) electrons. The van der Waals surface area contributed by atoms with Crippen molar-refractivity contribution in [2.45, 2.75) is 0 Å². The van der Waals surface area contributed by atoms with E-state index in [-0.39, 0.29) is 17.9 Å². The third-order valence-corrected chi connectivity index (χ3v) is 1.42. The van der Waals surface area contributed by atoms with E-state index in [1.807, 2.05) is 0 Å². The largest absolute Gasteiger partial charge is 0.491 e. The zero-order valence-corrected chi connectivity index (χ0v) is 7.01. The number of aromatic nitrogens is 1. The molecule has 0 atom stereocenters. The van der Waals surface area contributed by atoms with Crippen molar-refractivity contribution >= 4 is 36.6 Å². The average molecular weight is 194 g/mol. The number of rotatable bonds is 1. The molecule has 0 saturated carbocycles. The number of nitrogens with zero attached hydrogens (tertiary/aromatic N) is 1. The number of pyridine rings is 1. The minimum atomic E-state index is -1.54. The minimum absolute atomic E-state index is 0. The molecule has 0 spiro atoms. The van der Waals surface area contributed by atoms with Crippen LogP contribution < -0.4 is 5.46 Å². The zero-order valence-electron chi connectivity index (χ0n) is 5.44. The van der Waals surface area contributed by atoms with E-state index in [1.54, 1.807) is 0 Å². The maximum Gasteiger partial charge on any atom is 0.491 e. The van der Waals surface area contributed by atoms with E-state index >= 15 is 0 Å². The van der Waals surface area contributed by atoms with Crippen LogP contribution in [0.2, 0.25) is 5.02 Å². The van der Waals surface area contributed by atoms with Gasteiger partial charge in [0, 0.05) is 22.9 Å². The molecule has 11 heavy (non-hydrogen) atoms. The maximum absolute atomic E-state index is 8.64. The summed E-state index contributed by atoms with van der Waals surface area (Å²) in [6, 6.07) is 1.50. The van der Waals surface area contributed by atoms with Crippen LogP contribution in [0.3, 0.4) is 0 Å². The molecule has 0 aliphatic heterocycles. The van der Waals surface area contributed by atoms with Crippen LogP contribution in [0.1, 0.15) is 0 Å². The lowest BCUT2D eigenvalue weighted by Crippen LogP contribution is -2.30. The van der Waals surface area contributed by atoms with Crippen LogP contribution in [0.5, 0.6) is 0 Å². The Morgan fingerprint density at radius 2 is 2.09 bits per heavy atom. The van der Waals surface area contributed by atoms with Gasteiger partial charge in [0.1, 0.15) is 0 Å². The van der Waals surface area contributed by atoms with Crippen LogP contribution in [0.25, 0.3) is 0 Å². The van der Waals surface area contributed by atoms with Crippen molar-refractivity contribution in [1.82, 2.24) is 4.98 Å². The topological polar surface area (TPSA) is 53.4 Å². The smallest absolute Gasteiger partial charge is 0.423 e. The molecular weight excluding hydrogens is 188 g/mol. The molecule has 0 aromatic carbocycles. The molecule has 0 amide bonds. The van der Waals surface area contributed by atoms with Crippen molar-refractivity contribution in [2.75, 3.05) is 0 Å². The molecule has 0 bridgehead atoms. The first kappa shape index (κ1) is 10.7. The lowest BCUT2D eigenvalue weighted by Gasteiger charge is -1.98. The Morgan fingerprint density at radius 3 is 2.45 bits per heavy atom. The van der Waals surface area contributed by atoms with Crippen molar-refractivity contribution in [2.24, 2.45) is 0 Å². The molecule has 0 unspecified atom stereocenters. The van der Waals surface area contributed by atoms with E-state index in [1.165, 1.54) is 18.5 Å². The third-order valence-electron chi connectivity index (χ3n) is 1.07. The Kier molecular flexibility index (Phi) is 4.45. The van der Waals surface area contributed by atoms with Gasteiger partial charge in [0.15, 0.2) is 0 Å². The van der Waals surface area contributed by atoms with Crippen LogP contribution in [0.4, 0.5) is 0 Å². The Hall–Kier alpha value is -0.285. The Balaban J connectivity index is 0.000001000. The zero-order chi connectivity index (χ0) is 7.56. The van der Waals surface area contributed by atoms with Crippen LogP contribution in [0.15, 0.2) is 18.5 Å². The minimum Gasteiger partial charge on any atom is -0.423 e. The first-order chi connectivity index (χ1) is 4.72. The number of halogens is 2. The van der Waals surface area contributed by atoms with E-state index in [2.05, 4.69) is 4.98 Å². The predicted octanol–water partition coefficient (Wildman–Crippen LogP) is -0.163. The summed E-state index contributed by atoms with van der Waals surface area (Å²) in [5, 5.41) is 17.6. The molecule has 0 aliphatic carbocycles. The van der Waals surface area contributed by atoms with E-state index in [0.29, 0.717) is 5.02 Å². The highest BCUT2D eigenvalue weighted by atomic mass is 35.5. The Labute approximate surface area is 75.6 Å². The molecule has 1 aromatic heterocycles. The van der Waals surface area contributed by atoms with Gasteiger partial charge in [0.2, 0.25) is 0 Å². The molecule has 6 heteroatoms. The van der Waals surface area contributed by atoms with Crippen LogP contribution in [-0.2, 0) is 0 Å². The van der Waals surface area contributed by atoms with Crippen molar-refractivity contribution in [3.63, 3.8) is 0 Å². The van der Waals surface area contributed by atoms with Crippen LogP contribution >= 0.6 is 24.0 Å². The van der Waals surface area contributed by atoms with E-state index in [9.17, 15) is 0 Å². The second kappa shape index (κ2) is 4.56. The molecule has 0 aliphatic rings. The molecule has 60 valence electrons. The summed E-state index contributed by atoms with van der Waals surface area (Å²) in [7, 11) is -1.54. The van der Waals surface area contributed by atoms with E-state index in [0.717, 1.165) is 0 Å². The molecule has 1 heterocycles. The summed E-state index contributed by atoms with van der Waals surface area (Å²) in [6.07, 6.45) is 2.79. The lowest BCUT2D eigenvalue weighted by atomic mass is 9.82. The highest BCUT2D eigenvalue weighted by molar-refractivity contribution is 6.62. The average Bonchev–Trinajstić information content (AvgIpc) is 1.88. The van der Waals surface area contributed by atoms with E-state index < -0.39 is 7.12 Å². The normalized spacial score (nSPS) is 8.64. The van der Waals surface area contributed by atoms with Gasteiger partial charge in [-0.3, -0.25) is 4.98 Å². The van der Waals surface area contributed by atoms with E-state index in [4.69, 9.17) is 21.6 Å². The van der Waals surface area contributed by atoms with Gasteiger partial charge in [0.25, 0.3) is 0 Å². The second-order valence-electron chi connectivity index (χ2n) is 1.77. The fraction of sp³-hybridized carbons (Fsp3) is 0. The standard InChI is InChI=1S/C5H5BClNO2.ClH/c7-5-1-2-8-3-4(5)6(9)10;/h1-3,9-10H;1H. The lowest BCUT2D eigenvalue weighted by molar-refractivity contribution is 0.425. The summed E-state index contributed by atoms with van der Waals surface area (Å²) in [6.45, 7) is 0. The SMILES string of the molecule is Cl.OB(O)c1cnccc1Cl. The van der Waals surface area contributed by atoms with Gasteiger partial charge >= 0.3 is 7.12 Å². The van der Waals surface area contributed by atoms with Gasteiger partial charge in [-0.05, 0) is 6.07 Å². The highest BCUT2D eigenvalue weighted by Gasteiger charge is 2.13. The van der Waals surface area contributed by atoms with Gasteiger partial charge in [0.05, 0.1) is 0 Å². The molecule has 1 aromatic rings. The summed E-state index contributed by atoms with van der Waals surface area (Å²) < 4.78 is 0. The second-order valence-corrected chi connectivity index (χ2v) is 2.18. The van der Waals surface area contributed by atoms with Gasteiger partial charge in [-0.15, -0.1) is 12.4 Å². The number of hydrogen-bond acceptors (Lipinski definition) is 3. The summed E-state index contributed by atoms with van der Waals surface area (Å²) >= 11 is 5.56. The molecule has 2 N–H and O–H groups in total. The van der Waals surface area contributed by atoms with Gasteiger partial charge in [-0.1, -0.05) is 11.6 Å². The van der Waals surface area contributed by atoms with Gasteiger partial charge in [-0.2, -0.15) is 0 Å². The summed E-state index contributed by atoms with van der Waals surface area (Å²) in [4.78, 5) is 3.66. The summed E-state index contributed by atoms with van der Waals surface area (Å²) in [5.41, 5.74) is 0.226. The molecular formula is C5H6BCl2NO2. The van der Waals surface area contributed by atoms with Crippen LogP contribution in [0, 0.1) is 0 Å². The van der Waals surface area contributed by atoms with Gasteiger partial charge < -0.3 is 10.0 Å². The maximum atomic E-state index is 8.64.